The molecule has 2 aromatic heterocycles. The number of carbonyl (C=O) groups excluding carboxylic acids is 1. The average Bonchev–Trinajstić information content (AvgIpc) is 3.10. The topological polar surface area (TPSA) is 67.2 Å². The minimum Gasteiger partial charge on any atom is -0.337 e. The fourth-order valence-electron chi connectivity index (χ4n) is 3.29. The Morgan fingerprint density at radius 3 is 2.33 bits per heavy atom. The molecule has 7 nitrogen and oxygen atoms in total. The molecule has 4 rings (SSSR count). The van der Waals surface area contributed by atoms with Crippen molar-refractivity contribution in [3.05, 3.63) is 60.0 Å². The molecule has 0 aliphatic carbocycles. The minimum atomic E-state index is -0.0300. The Bertz CT molecular complexity index is 927. The summed E-state index contributed by atoms with van der Waals surface area (Å²) in [5, 5.41) is 4.45. The smallest absolute Gasteiger partial charge is 0.274 e. The highest BCUT2D eigenvalue weighted by Crippen LogP contribution is 2.21. The molecule has 0 unspecified atom stereocenters. The van der Waals surface area contributed by atoms with Crippen LogP contribution in [-0.2, 0) is 7.05 Å². The van der Waals surface area contributed by atoms with E-state index in [0.717, 1.165) is 11.3 Å². The quantitative estimate of drug-likeness (QED) is 0.714. The van der Waals surface area contributed by atoms with Crippen molar-refractivity contribution in [3.63, 3.8) is 0 Å². The van der Waals surface area contributed by atoms with Crippen LogP contribution in [0.1, 0.15) is 16.1 Å². The Morgan fingerprint density at radius 2 is 1.67 bits per heavy atom. The van der Waals surface area contributed by atoms with Gasteiger partial charge >= 0.3 is 0 Å². The highest BCUT2D eigenvalue weighted by molar-refractivity contribution is 5.93. The van der Waals surface area contributed by atoms with Crippen LogP contribution in [0.5, 0.6) is 0 Å². The van der Waals surface area contributed by atoms with Crippen LogP contribution in [0.15, 0.2) is 48.8 Å². The lowest BCUT2D eigenvalue weighted by Gasteiger charge is -2.34. The lowest BCUT2D eigenvalue weighted by atomic mass is 10.1. The van der Waals surface area contributed by atoms with Crippen LogP contribution in [0.25, 0.3) is 11.3 Å². The first-order chi connectivity index (χ1) is 13.1. The highest BCUT2D eigenvalue weighted by atomic mass is 16.2. The first kappa shape index (κ1) is 17.2. The predicted octanol–water partition coefficient (Wildman–Crippen LogP) is 2.15. The van der Waals surface area contributed by atoms with Gasteiger partial charge in [0.15, 0.2) is 5.69 Å². The van der Waals surface area contributed by atoms with Gasteiger partial charge in [0, 0.05) is 45.6 Å². The first-order valence-corrected chi connectivity index (χ1v) is 9.04. The Kier molecular flexibility index (Phi) is 4.58. The molecule has 1 fully saturated rings. The van der Waals surface area contributed by atoms with Gasteiger partial charge in [-0.3, -0.25) is 9.48 Å². The van der Waals surface area contributed by atoms with Crippen LogP contribution in [0.2, 0.25) is 0 Å². The van der Waals surface area contributed by atoms with Gasteiger partial charge in [-0.15, -0.1) is 0 Å². The summed E-state index contributed by atoms with van der Waals surface area (Å²) < 4.78 is 1.77. The van der Waals surface area contributed by atoms with Crippen LogP contribution in [-0.4, -0.2) is 56.7 Å². The maximum Gasteiger partial charge on any atom is 0.274 e. The van der Waals surface area contributed by atoms with E-state index in [4.69, 9.17) is 0 Å². The molecule has 0 N–H and O–H groups in total. The van der Waals surface area contributed by atoms with Gasteiger partial charge in [0.1, 0.15) is 0 Å². The van der Waals surface area contributed by atoms with Gasteiger partial charge < -0.3 is 9.80 Å². The van der Waals surface area contributed by atoms with Gasteiger partial charge in [-0.25, -0.2) is 9.97 Å². The summed E-state index contributed by atoms with van der Waals surface area (Å²) in [6.07, 6.45) is 3.47. The lowest BCUT2D eigenvalue weighted by Crippen LogP contribution is -2.49. The average molecular weight is 362 g/mol. The second kappa shape index (κ2) is 7.19. The van der Waals surface area contributed by atoms with Crippen LogP contribution in [0.3, 0.4) is 0 Å². The fourth-order valence-corrected chi connectivity index (χ4v) is 3.29. The fraction of sp³-hybridized carbons (Fsp3) is 0.300. The molecule has 1 aromatic carbocycles. The standard InChI is InChI=1S/C20H22N6O/c1-15-4-6-16(7-5-15)18-14-17(23-24(18)2)19(27)25-10-12-26(13-11-25)20-21-8-3-9-22-20/h3-9,14H,10-13H2,1-2H3. The summed E-state index contributed by atoms with van der Waals surface area (Å²) in [6, 6.07) is 11.9. The Labute approximate surface area is 158 Å². The third kappa shape index (κ3) is 3.53. The molecular weight excluding hydrogens is 340 g/mol. The SMILES string of the molecule is Cc1ccc(-c2cc(C(=O)N3CCN(c4ncccn4)CC3)nn2C)cc1. The molecule has 0 atom stereocenters. The van der Waals surface area contributed by atoms with Crippen molar-refractivity contribution >= 4 is 11.9 Å². The van der Waals surface area contributed by atoms with Crippen molar-refractivity contribution in [1.29, 1.82) is 0 Å². The van der Waals surface area contributed by atoms with Gasteiger partial charge in [-0.05, 0) is 24.6 Å². The Balaban J connectivity index is 1.46. The summed E-state index contributed by atoms with van der Waals surface area (Å²) in [5.74, 6) is 0.682. The van der Waals surface area contributed by atoms with Crippen molar-refractivity contribution in [2.24, 2.45) is 7.05 Å². The number of rotatable bonds is 3. The van der Waals surface area contributed by atoms with E-state index >= 15 is 0 Å². The highest BCUT2D eigenvalue weighted by Gasteiger charge is 2.25. The van der Waals surface area contributed by atoms with Crippen LogP contribution < -0.4 is 4.90 Å². The zero-order chi connectivity index (χ0) is 18.8. The second-order valence-electron chi connectivity index (χ2n) is 6.73. The molecule has 1 amide bonds. The molecule has 0 bridgehead atoms. The molecule has 1 aliphatic rings. The van der Waals surface area contributed by atoms with Crippen molar-refractivity contribution < 1.29 is 4.79 Å². The normalized spacial score (nSPS) is 14.4. The summed E-state index contributed by atoms with van der Waals surface area (Å²) in [7, 11) is 1.87. The third-order valence-corrected chi connectivity index (χ3v) is 4.85. The van der Waals surface area contributed by atoms with Crippen LogP contribution >= 0.6 is 0 Å². The molecule has 0 saturated carbocycles. The van der Waals surface area contributed by atoms with Gasteiger partial charge in [-0.1, -0.05) is 29.8 Å². The number of aryl methyl sites for hydroxylation is 2. The van der Waals surface area contributed by atoms with Crippen molar-refractivity contribution in [1.82, 2.24) is 24.6 Å². The molecular formula is C20H22N6O. The zero-order valence-electron chi connectivity index (χ0n) is 15.5. The molecule has 7 heteroatoms. The van der Waals surface area contributed by atoms with E-state index in [1.165, 1.54) is 5.56 Å². The molecule has 0 radical (unpaired) electrons. The monoisotopic (exact) mass is 362 g/mol. The van der Waals surface area contributed by atoms with Crippen molar-refractivity contribution in [2.45, 2.75) is 6.92 Å². The molecule has 1 aliphatic heterocycles. The Hall–Kier alpha value is -3.22. The molecule has 0 spiro atoms. The molecule has 3 heterocycles. The summed E-state index contributed by atoms with van der Waals surface area (Å²) in [4.78, 5) is 25.4. The number of nitrogens with zero attached hydrogens (tertiary/aromatic N) is 6. The van der Waals surface area contributed by atoms with Gasteiger partial charge in [0.2, 0.25) is 5.95 Å². The number of benzene rings is 1. The number of piperazine rings is 1. The van der Waals surface area contributed by atoms with Gasteiger partial charge in [0.05, 0.1) is 5.69 Å². The summed E-state index contributed by atoms with van der Waals surface area (Å²) in [6.45, 7) is 4.75. The van der Waals surface area contributed by atoms with Crippen molar-refractivity contribution in [3.8, 4) is 11.3 Å². The number of anilines is 1. The minimum absolute atomic E-state index is 0.0300. The van der Waals surface area contributed by atoms with E-state index < -0.39 is 0 Å². The number of aromatic nitrogens is 4. The van der Waals surface area contributed by atoms with Gasteiger partial charge in [0.25, 0.3) is 5.91 Å². The number of amides is 1. The molecule has 1 saturated heterocycles. The maximum atomic E-state index is 12.9. The van der Waals surface area contributed by atoms with E-state index in [-0.39, 0.29) is 5.91 Å². The lowest BCUT2D eigenvalue weighted by molar-refractivity contribution is 0.0739. The van der Waals surface area contributed by atoms with E-state index in [1.807, 2.05) is 18.0 Å². The first-order valence-electron chi connectivity index (χ1n) is 9.04. The van der Waals surface area contributed by atoms with E-state index in [0.29, 0.717) is 37.8 Å². The number of hydrogen-bond acceptors (Lipinski definition) is 5. The maximum absolute atomic E-state index is 12.9. The van der Waals surface area contributed by atoms with Crippen molar-refractivity contribution in [2.75, 3.05) is 31.1 Å². The zero-order valence-corrected chi connectivity index (χ0v) is 15.5. The van der Waals surface area contributed by atoms with Crippen LogP contribution in [0, 0.1) is 6.92 Å². The van der Waals surface area contributed by atoms with Gasteiger partial charge in [-0.2, -0.15) is 5.10 Å². The summed E-state index contributed by atoms with van der Waals surface area (Å²) >= 11 is 0. The second-order valence-corrected chi connectivity index (χ2v) is 6.73. The molecule has 138 valence electrons. The Morgan fingerprint density at radius 1 is 1.00 bits per heavy atom. The molecule has 27 heavy (non-hydrogen) atoms. The van der Waals surface area contributed by atoms with E-state index in [2.05, 4.69) is 51.2 Å². The number of carbonyl (C=O) groups is 1. The van der Waals surface area contributed by atoms with E-state index in [9.17, 15) is 4.79 Å². The largest absolute Gasteiger partial charge is 0.337 e. The van der Waals surface area contributed by atoms with Crippen LogP contribution in [0.4, 0.5) is 5.95 Å². The number of hydrogen-bond donors (Lipinski definition) is 0. The predicted molar refractivity (Wildman–Crippen MR) is 104 cm³/mol. The molecule has 3 aromatic rings. The summed E-state index contributed by atoms with van der Waals surface area (Å²) in [5.41, 5.74) is 3.69. The third-order valence-electron chi connectivity index (χ3n) is 4.85. The van der Waals surface area contributed by atoms with E-state index in [1.54, 1.807) is 23.1 Å².